The van der Waals surface area contributed by atoms with Crippen LogP contribution in [-0.4, -0.2) is 40.3 Å². The molecule has 4 nitrogen and oxygen atoms in total. The van der Waals surface area contributed by atoms with Gasteiger partial charge in [-0.25, -0.2) is 0 Å². The minimum Gasteiger partial charge on any atom is -0.342 e. The van der Waals surface area contributed by atoms with E-state index in [2.05, 4.69) is 10.2 Å². The molecule has 2 heterocycles. The van der Waals surface area contributed by atoms with E-state index in [1.807, 2.05) is 13.0 Å². The fraction of sp³-hybridized carbons (Fsp3) is 0.765. The quantitative estimate of drug-likeness (QED) is 0.888. The maximum atomic E-state index is 13.0. The average molecular weight is 343 g/mol. The van der Waals surface area contributed by atoms with Crippen LogP contribution in [0.3, 0.4) is 0 Å². The number of amides is 1. The van der Waals surface area contributed by atoms with Crippen molar-refractivity contribution in [3.63, 3.8) is 0 Å². The van der Waals surface area contributed by atoms with Gasteiger partial charge in [0.05, 0.1) is 11.6 Å². The maximum absolute atomic E-state index is 13.0. The number of likely N-dealkylation sites (tertiary alicyclic amines) is 1. The van der Waals surface area contributed by atoms with Crippen LogP contribution in [0.25, 0.3) is 0 Å². The van der Waals surface area contributed by atoms with Crippen LogP contribution >= 0.6 is 0 Å². The molecule has 3 atom stereocenters. The third-order valence-corrected chi connectivity index (χ3v) is 5.36. The molecule has 2 aliphatic rings. The van der Waals surface area contributed by atoms with Gasteiger partial charge in [0.15, 0.2) is 0 Å². The van der Waals surface area contributed by atoms with Gasteiger partial charge in [-0.3, -0.25) is 9.89 Å². The van der Waals surface area contributed by atoms with Crippen molar-refractivity contribution in [3.05, 3.63) is 17.5 Å². The lowest BCUT2D eigenvalue weighted by atomic mass is 9.80. The summed E-state index contributed by atoms with van der Waals surface area (Å²) >= 11 is 0. The molecular formula is C17H24F3N3O. The van der Waals surface area contributed by atoms with Crippen LogP contribution in [-0.2, 0) is 4.79 Å². The van der Waals surface area contributed by atoms with Gasteiger partial charge in [-0.2, -0.15) is 18.3 Å². The van der Waals surface area contributed by atoms with E-state index in [0.29, 0.717) is 25.9 Å². The zero-order valence-electron chi connectivity index (χ0n) is 13.9. The molecule has 1 amide bonds. The maximum Gasteiger partial charge on any atom is 0.391 e. The van der Waals surface area contributed by atoms with Gasteiger partial charge in [-0.15, -0.1) is 0 Å². The van der Waals surface area contributed by atoms with E-state index in [-0.39, 0.29) is 24.7 Å². The van der Waals surface area contributed by atoms with Crippen molar-refractivity contribution in [2.45, 2.75) is 57.5 Å². The molecule has 2 fully saturated rings. The van der Waals surface area contributed by atoms with Gasteiger partial charge in [0.2, 0.25) is 5.91 Å². The number of carbonyl (C=O) groups excluding carboxylic acids is 1. The van der Waals surface area contributed by atoms with Crippen LogP contribution < -0.4 is 0 Å². The minimum absolute atomic E-state index is 0.0506. The number of nitrogens with zero attached hydrogens (tertiary/aromatic N) is 2. The summed E-state index contributed by atoms with van der Waals surface area (Å²) < 4.78 is 38.9. The largest absolute Gasteiger partial charge is 0.391 e. The summed E-state index contributed by atoms with van der Waals surface area (Å²) in [4.78, 5) is 14.5. The zero-order valence-corrected chi connectivity index (χ0v) is 13.9. The molecule has 1 N–H and O–H groups in total. The first-order valence-electron chi connectivity index (χ1n) is 8.72. The fourth-order valence-corrected chi connectivity index (χ4v) is 4.04. The predicted molar refractivity (Wildman–Crippen MR) is 83.4 cm³/mol. The summed E-state index contributed by atoms with van der Waals surface area (Å²) in [6.45, 7) is 3.14. The van der Waals surface area contributed by atoms with Crippen molar-refractivity contribution >= 4 is 5.91 Å². The van der Waals surface area contributed by atoms with E-state index < -0.39 is 18.0 Å². The second-order valence-electron chi connectivity index (χ2n) is 7.20. The summed E-state index contributed by atoms with van der Waals surface area (Å²) in [5.74, 6) is -1.73. The second kappa shape index (κ2) is 6.76. The Bertz CT molecular complexity index is 584. The standard InChI is InChI=1S/C17H24F3N3O/c1-11-8-15(22-21-11)13-5-3-7-23(10-13)16(24)12-4-2-6-14(9-12)17(18,19)20/h8,12-14H,2-7,9-10H2,1H3,(H,21,22). The van der Waals surface area contributed by atoms with Crippen LogP contribution in [0.15, 0.2) is 6.07 Å². The zero-order chi connectivity index (χ0) is 17.3. The molecule has 1 aliphatic carbocycles. The van der Waals surface area contributed by atoms with E-state index in [9.17, 15) is 18.0 Å². The van der Waals surface area contributed by atoms with Crippen molar-refractivity contribution in [3.8, 4) is 0 Å². The highest BCUT2D eigenvalue weighted by Crippen LogP contribution is 2.41. The van der Waals surface area contributed by atoms with Crippen molar-refractivity contribution in [1.82, 2.24) is 15.1 Å². The summed E-state index contributed by atoms with van der Waals surface area (Å²) in [6, 6.07) is 1.99. The van der Waals surface area contributed by atoms with Crippen LogP contribution in [0.1, 0.15) is 55.8 Å². The Kier molecular flexibility index (Phi) is 4.88. The summed E-state index contributed by atoms with van der Waals surface area (Å²) in [5, 5.41) is 7.20. The lowest BCUT2D eigenvalue weighted by Crippen LogP contribution is -2.44. The smallest absolute Gasteiger partial charge is 0.342 e. The number of aromatic nitrogens is 2. The molecule has 1 saturated heterocycles. The molecule has 7 heteroatoms. The third-order valence-electron chi connectivity index (χ3n) is 5.36. The highest BCUT2D eigenvalue weighted by molar-refractivity contribution is 5.79. The fourth-order valence-electron chi connectivity index (χ4n) is 4.04. The summed E-state index contributed by atoms with van der Waals surface area (Å²) in [6.07, 6.45) is -1.18. The molecule has 3 rings (SSSR count). The van der Waals surface area contributed by atoms with Crippen LogP contribution in [0.4, 0.5) is 13.2 Å². The van der Waals surface area contributed by atoms with Crippen LogP contribution in [0.5, 0.6) is 0 Å². The summed E-state index contributed by atoms with van der Waals surface area (Å²) in [7, 11) is 0. The monoisotopic (exact) mass is 343 g/mol. The molecule has 134 valence electrons. The molecule has 0 spiro atoms. The van der Waals surface area contributed by atoms with Crippen LogP contribution in [0.2, 0.25) is 0 Å². The Hall–Kier alpha value is -1.53. The number of hydrogen-bond acceptors (Lipinski definition) is 2. The molecule has 3 unspecified atom stereocenters. The summed E-state index contributed by atoms with van der Waals surface area (Å²) in [5.41, 5.74) is 1.93. The lowest BCUT2D eigenvalue weighted by Gasteiger charge is -2.37. The van der Waals surface area contributed by atoms with Gasteiger partial charge in [0, 0.05) is 30.6 Å². The number of carbonyl (C=O) groups is 1. The number of H-pyrrole nitrogens is 1. The van der Waals surface area contributed by atoms with Gasteiger partial charge < -0.3 is 4.90 Å². The molecular weight excluding hydrogens is 319 g/mol. The molecule has 1 aromatic rings. The van der Waals surface area contributed by atoms with Gasteiger partial charge in [0.1, 0.15) is 0 Å². The number of rotatable bonds is 2. The van der Waals surface area contributed by atoms with E-state index in [0.717, 1.165) is 24.2 Å². The number of hydrogen-bond donors (Lipinski definition) is 1. The van der Waals surface area contributed by atoms with Crippen molar-refractivity contribution < 1.29 is 18.0 Å². The number of alkyl halides is 3. The SMILES string of the molecule is Cc1cc(C2CCCN(C(=O)C3CCCC(C(F)(F)F)C3)C2)n[nH]1. The van der Waals surface area contributed by atoms with E-state index in [1.54, 1.807) is 4.90 Å². The van der Waals surface area contributed by atoms with Gasteiger partial charge in [-0.1, -0.05) is 6.42 Å². The molecule has 1 aliphatic heterocycles. The Morgan fingerprint density at radius 1 is 1.29 bits per heavy atom. The number of piperidine rings is 1. The first-order valence-corrected chi connectivity index (χ1v) is 8.72. The second-order valence-corrected chi connectivity index (χ2v) is 7.20. The van der Waals surface area contributed by atoms with Crippen molar-refractivity contribution in [2.75, 3.05) is 13.1 Å². The highest BCUT2D eigenvalue weighted by Gasteiger charge is 2.44. The first-order chi connectivity index (χ1) is 11.3. The Morgan fingerprint density at radius 3 is 2.75 bits per heavy atom. The predicted octanol–water partition coefficient (Wildman–Crippen LogP) is 3.79. The van der Waals surface area contributed by atoms with Gasteiger partial charge in [-0.05, 0) is 45.1 Å². The van der Waals surface area contributed by atoms with Gasteiger partial charge >= 0.3 is 6.18 Å². The molecule has 24 heavy (non-hydrogen) atoms. The topological polar surface area (TPSA) is 49.0 Å². The lowest BCUT2D eigenvalue weighted by molar-refractivity contribution is -0.187. The Balaban J connectivity index is 1.64. The normalized spacial score (nSPS) is 28.8. The number of nitrogens with one attached hydrogen (secondary N) is 1. The Morgan fingerprint density at radius 2 is 2.08 bits per heavy atom. The van der Waals surface area contributed by atoms with E-state index >= 15 is 0 Å². The Labute approximate surface area is 139 Å². The molecule has 0 radical (unpaired) electrons. The van der Waals surface area contributed by atoms with Crippen molar-refractivity contribution in [1.29, 1.82) is 0 Å². The van der Waals surface area contributed by atoms with Crippen LogP contribution in [0, 0.1) is 18.8 Å². The molecule has 0 bridgehead atoms. The number of aryl methyl sites for hydroxylation is 1. The first kappa shape index (κ1) is 17.3. The van der Waals surface area contributed by atoms with Gasteiger partial charge in [0.25, 0.3) is 0 Å². The van der Waals surface area contributed by atoms with E-state index in [4.69, 9.17) is 0 Å². The molecule has 1 aromatic heterocycles. The highest BCUT2D eigenvalue weighted by atomic mass is 19.4. The average Bonchev–Trinajstić information content (AvgIpc) is 3.00. The molecule has 1 saturated carbocycles. The molecule has 0 aromatic carbocycles. The number of halogens is 3. The number of aromatic amines is 1. The van der Waals surface area contributed by atoms with Crippen molar-refractivity contribution in [2.24, 2.45) is 11.8 Å². The van der Waals surface area contributed by atoms with E-state index in [1.165, 1.54) is 0 Å². The minimum atomic E-state index is -4.18. The third kappa shape index (κ3) is 3.75.